The van der Waals surface area contributed by atoms with Gasteiger partial charge in [-0.2, -0.15) is 0 Å². The van der Waals surface area contributed by atoms with Gasteiger partial charge in [-0.25, -0.2) is 4.98 Å². The second-order valence-electron chi connectivity index (χ2n) is 10.2. The molecule has 0 bridgehead atoms. The quantitative estimate of drug-likeness (QED) is 0.778. The van der Waals surface area contributed by atoms with E-state index in [4.69, 9.17) is 0 Å². The molecule has 1 N–H and O–H groups in total. The molecule has 6 heteroatoms. The average molecular weight is 437 g/mol. The molecule has 32 heavy (non-hydrogen) atoms. The van der Waals surface area contributed by atoms with Gasteiger partial charge in [0.25, 0.3) is 5.56 Å². The molecule has 1 aliphatic carbocycles. The van der Waals surface area contributed by atoms with E-state index in [9.17, 15) is 9.59 Å². The first-order chi connectivity index (χ1) is 15.7. The molecular formula is C26H36N4O2. The summed E-state index contributed by atoms with van der Waals surface area (Å²) in [5, 5.41) is 4.00. The fourth-order valence-corrected chi connectivity index (χ4v) is 6.31. The summed E-state index contributed by atoms with van der Waals surface area (Å²) in [6, 6.07) is 8.21. The lowest BCUT2D eigenvalue weighted by Crippen LogP contribution is -2.51. The molecule has 6 nitrogen and oxygen atoms in total. The van der Waals surface area contributed by atoms with Crippen molar-refractivity contribution < 1.29 is 4.79 Å². The highest BCUT2D eigenvalue weighted by atomic mass is 16.2. The van der Waals surface area contributed by atoms with Crippen LogP contribution in [0.5, 0.6) is 0 Å². The topological polar surface area (TPSA) is 67.2 Å². The third-order valence-corrected chi connectivity index (χ3v) is 8.17. The predicted molar refractivity (Wildman–Crippen MR) is 126 cm³/mol. The van der Waals surface area contributed by atoms with Gasteiger partial charge in [0.2, 0.25) is 5.91 Å². The number of carbonyl (C=O) groups excluding carboxylic acids is 1. The van der Waals surface area contributed by atoms with Crippen LogP contribution in [0, 0.1) is 17.8 Å². The lowest BCUT2D eigenvalue weighted by molar-refractivity contribution is -0.126. The zero-order chi connectivity index (χ0) is 21.9. The number of benzene rings is 1. The summed E-state index contributed by atoms with van der Waals surface area (Å²) in [4.78, 5) is 32.8. The van der Waals surface area contributed by atoms with Crippen LogP contribution in [0.25, 0.3) is 10.9 Å². The van der Waals surface area contributed by atoms with Crippen molar-refractivity contribution in [2.45, 2.75) is 70.4 Å². The third kappa shape index (κ3) is 4.61. The smallest absolute Gasteiger partial charge is 0.261 e. The minimum Gasteiger partial charge on any atom is -0.356 e. The number of nitrogens with zero attached hydrogens (tertiary/aromatic N) is 3. The second kappa shape index (κ2) is 9.74. The van der Waals surface area contributed by atoms with Crippen LogP contribution < -0.4 is 10.9 Å². The Morgan fingerprint density at radius 2 is 1.81 bits per heavy atom. The number of hydrogen-bond donors (Lipinski definition) is 1. The van der Waals surface area contributed by atoms with Crippen molar-refractivity contribution >= 4 is 16.8 Å². The lowest BCUT2D eigenvalue weighted by atomic mass is 9.81. The van der Waals surface area contributed by atoms with E-state index in [2.05, 4.69) is 15.2 Å². The number of para-hydroxylation sites is 1. The standard InChI is InChI=1S/C26H36N4O2/c31-25(27-16-21-6-5-15-29-14-4-3-9-24(21)29)20-12-10-19(11-13-20)17-30-18-28-23-8-2-1-7-22(23)26(30)32/h1-2,7-8,18-21,24H,3-6,9-17H2,(H,27,31). The first kappa shape index (κ1) is 21.6. The molecule has 172 valence electrons. The van der Waals surface area contributed by atoms with Gasteiger partial charge in [-0.3, -0.25) is 14.2 Å². The van der Waals surface area contributed by atoms with Crippen LogP contribution >= 0.6 is 0 Å². The number of fused-ring (bicyclic) bond motifs is 2. The lowest BCUT2D eigenvalue weighted by Gasteiger charge is -2.44. The summed E-state index contributed by atoms with van der Waals surface area (Å²) in [5.41, 5.74) is 0.795. The second-order valence-corrected chi connectivity index (χ2v) is 10.2. The number of carbonyl (C=O) groups is 1. The molecule has 2 atom stereocenters. The molecule has 1 amide bonds. The Morgan fingerprint density at radius 1 is 1.00 bits per heavy atom. The van der Waals surface area contributed by atoms with Crippen molar-refractivity contribution in [2.24, 2.45) is 17.8 Å². The van der Waals surface area contributed by atoms with Crippen LogP contribution in [0.3, 0.4) is 0 Å². The van der Waals surface area contributed by atoms with Crippen LogP contribution in [-0.4, -0.2) is 46.0 Å². The zero-order valence-corrected chi connectivity index (χ0v) is 19.0. The monoisotopic (exact) mass is 436 g/mol. The summed E-state index contributed by atoms with van der Waals surface area (Å²) in [5.74, 6) is 1.44. The number of hydrogen-bond acceptors (Lipinski definition) is 4. The minimum atomic E-state index is 0.0414. The Labute approximate surface area is 190 Å². The number of rotatable bonds is 5. The van der Waals surface area contributed by atoms with Crippen molar-refractivity contribution in [1.29, 1.82) is 0 Å². The molecule has 5 rings (SSSR count). The third-order valence-electron chi connectivity index (χ3n) is 8.17. The fraction of sp³-hybridized carbons (Fsp3) is 0.654. The molecule has 2 unspecified atom stereocenters. The van der Waals surface area contributed by atoms with E-state index < -0.39 is 0 Å². The molecule has 3 fully saturated rings. The molecule has 1 aromatic heterocycles. The van der Waals surface area contributed by atoms with E-state index in [0.29, 0.717) is 29.8 Å². The van der Waals surface area contributed by atoms with Gasteiger partial charge in [0, 0.05) is 25.0 Å². The average Bonchev–Trinajstić information content (AvgIpc) is 2.85. The molecule has 2 aromatic rings. The van der Waals surface area contributed by atoms with Crippen molar-refractivity contribution in [1.82, 2.24) is 19.8 Å². The summed E-state index contributed by atoms with van der Waals surface area (Å²) in [6.07, 6.45) is 12.0. The molecule has 0 spiro atoms. The van der Waals surface area contributed by atoms with Gasteiger partial charge < -0.3 is 10.2 Å². The first-order valence-electron chi connectivity index (χ1n) is 12.6. The largest absolute Gasteiger partial charge is 0.356 e. The van der Waals surface area contributed by atoms with Crippen LogP contribution in [-0.2, 0) is 11.3 Å². The Bertz CT molecular complexity index is 993. The Morgan fingerprint density at radius 3 is 2.69 bits per heavy atom. The molecule has 1 saturated carbocycles. The van der Waals surface area contributed by atoms with Crippen LogP contribution in [0.4, 0.5) is 0 Å². The summed E-state index contributed by atoms with van der Waals surface area (Å²) in [7, 11) is 0. The zero-order valence-electron chi connectivity index (χ0n) is 19.0. The van der Waals surface area contributed by atoms with E-state index >= 15 is 0 Å². The van der Waals surface area contributed by atoms with Gasteiger partial charge in [0.05, 0.1) is 17.2 Å². The minimum absolute atomic E-state index is 0.0414. The highest BCUT2D eigenvalue weighted by Crippen LogP contribution is 2.32. The van der Waals surface area contributed by atoms with Gasteiger partial charge in [0.15, 0.2) is 0 Å². The van der Waals surface area contributed by atoms with E-state index in [1.807, 2.05) is 24.3 Å². The maximum atomic E-state index is 12.9. The van der Waals surface area contributed by atoms with E-state index in [1.165, 1.54) is 45.2 Å². The number of aromatic nitrogens is 2. The van der Waals surface area contributed by atoms with Crippen LogP contribution in [0.15, 0.2) is 35.4 Å². The molecule has 2 aliphatic heterocycles. The number of nitrogens with one attached hydrogen (secondary N) is 1. The predicted octanol–water partition coefficient (Wildman–Crippen LogP) is 3.58. The molecule has 3 aliphatic rings. The normalized spacial score (nSPS) is 28.9. The van der Waals surface area contributed by atoms with Crippen molar-refractivity contribution in [3.05, 3.63) is 40.9 Å². The SMILES string of the molecule is O=C(NCC1CCCN2CCCCC12)C1CCC(Cn2cnc3ccccc3c2=O)CC1. The summed E-state index contributed by atoms with van der Waals surface area (Å²) >= 11 is 0. The van der Waals surface area contributed by atoms with E-state index in [-0.39, 0.29) is 17.4 Å². The van der Waals surface area contributed by atoms with Gasteiger partial charge in [-0.15, -0.1) is 0 Å². The van der Waals surface area contributed by atoms with Crippen molar-refractivity contribution in [3.63, 3.8) is 0 Å². The summed E-state index contributed by atoms with van der Waals surface area (Å²) in [6.45, 7) is 4.03. The van der Waals surface area contributed by atoms with Gasteiger partial charge in [0.1, 0.15) is 0 Å². The van der Waals surface area contributed by atoms with Crippen LogP contribution in [0.1, 0.15) is 57.8 Å². The fourth-order valence-electron chi connectivity index (χ4n) is 6.31. The Balaban J connectivity index is 1.11. The van der Waals surface area contributed by atoms with E-state index in [1.54, 1.807) is 10.9 Å². The molecular weight excluding hydrogens is 400 g/mol. The molecule has 3 heterocycles. The van der Waals surface area contributed by atoms with E-state index in [0.717, 1.165) is 37.7 Å². The Kier molecular flexibility index (Phi) is 6.58. The van der Waals surface area contributed by atoms with Crippen molar-refractivity contribution in [2.75, 3.05) is 19.6 Å². The Hall–Kier alpha value is -2.21. The maximum absolute atomic E-state index is 12.9. The highest BCUT2D eigenvalue weighted by Gasteiger charge is 2.34. The van der Waals surface area contributed by atoms with Crippen LogP contribution in [0.2, 0.25) is 0 Å². The van der Waals surface area contributed by atoms with Gasteiger partial charge in [-0.05, 0) is 88.4 Å². The highest BCUT2D eigenvalue weighted by molar-refractivity contribution is 5.78. The maximum Gasteiger partial charge on any atom is 0.261 e. The van der Waals surface area contributed by atoms with Gasteiger partial charge in [-0.1, -0.05) is 18.6 Å². The molecule has 2 saturated heterocycles. The van der Waals surface area contributed by atoms with Crippen molar-refractivity contribution in [3.8, 4) is 0 Å². The number of piperidine rings is 2. The molecule has 0 radical (unpaired) electrons. The summed E-state index contributed by atoms with van der Waals surface area (Å²) < 4.78 is 1.76. The van der Waals surface area contributed by atoms with Gasteiger partial charge >= 0.3 is 0 Å². The molecule has 1 aromatic carbocycles. The number of amides is 1. The first-order valence-corrected chi connectivity index (χ1v) is 12.6.